The van der Waals surface area contributed by atoms with Crippen LogP contribution < -0.4 is 9.63 Å². The Balaban J connectivity index is 2.43. The predicted molar refractivity (Wildman–Crippen MR) is 60.8 cm³/mol. The maximum absolute atomic E-state index is 11.6. The summed E-state index contributed by atoms with van der Waals surface area (Å²) in [5, 5.41) is 19.5. The minimum absolute atomic E-state index is 0.277. The zero-order valence-electron chi connectivity index (χ0n) is 9.16. The van der Waals surface area contributed by atoms with Gasteiger partial charge in [0.1, 0.15) is 5.69 Å². The lowest BCUT2D eigenvalue weighted by atomic mass is 10.2. The van der Waals surface area contributed by atoms with Crippen LogP contribution in [0.4, 0.5) is 5.95 Å². The molecular weight excluding hydrogens is 204 g/mol. The summed E-state index contributed by atoms with van der Waals surface area (Å²) in [4.78, 5) is 1.62. The van der Waals surface area contributed by atoms with Crippen LogP contribution in [0, 0.1) is 5.21 Å². The minimum atomic E-state index is 0.277. The Morgan fingerprint density at radius 2 is 1.81 bits per heavy atom. The number of rotatable bonds is 2. The van der Waals surface area contributed by atoms with Crippen molar-refractivity contribution in [3.05, 3.63) is 41.7 Å². The van der Waals surface area contributed by atoms with E-state index in [9.17, 15) is 5.21 Å². The maximum Gasteiger partial charge on any atom is 0.416 e. The van der Waals surface area contributed by atoms with E-state index in [1.807, 2.05) is 30.3 Å². The standard InChI is InChI=1S/C11H12N4O/c1-14(2)11-13-12-10(8-15(11)16)9-6-4-3-5-7-9/h3-8H,1-2H3. The summed E-state index contributed by atoms with van der Waals surface area (Å²) in [6, 6.07) is 9.48. The van der Waals surface area contributed by atoms with Gasteiger partial charge in [-0.15, -0.1) is 0 Å². The van der Waals surface area contributed by atoms with E-state index in [2.05, 4.69) is 10.2 Å². The van der Waals surface area contributed by atoms with Crippen LogP contribution in [0.1, 0.15) is 0 Å². The second-order valence-electron chi connectivity index (χ2n) is 3.60. The Labute approximate surface area is 93.6 Å². The highest BCUT2D eigenvalue weighted by Crippen LogP contribution is 2.13. The molecule has 0 N–H and O–H groups in total. The molecule has 16 heavy (non-hydrogen) atoms. The van der Waals surface area contributed by atoms with Crippen LogP contribution in [0.2, 0.25) is 0 Å². The molecule has 0 fully saturated rings. The third-order valence-corrected chi connectivity index (χ3v) is 2.15. The van der Waals surface area contributed by atoms with Crippen LogP contribution in [0.15, 0.2) is 36.5 Å². The number of nitrogens with zero attached hydrogens (tertiary/aromatic N) is 4. The fraction of sp³-hybridized carbons (Fsp3) is 0.182. The average Bonchev–Trinajstić information content (AvgIpc) is 2.29. The van der Waals surface area contributed by atoms with Crippen LogP contribution in [0.5, 0.6) is 0 Å². The van der Waals surface area contributed by atoms with Gasteiger partial charge in [-0.3, -0.25) is 4.90 Å². The molecule has 1 aromatic carbocycles. The van der Waals surface area contributed by atoms with Crippen molar-refractivity contribution in [3.63, 3.8) is 0 Å². The van der Waals surface area contributed by atoms with Crippen LogP contribution in [0.25, 0.3) is 11.3 Å². The molecule has 1 heterocycles. The molecule has 2 rings (SSSR count). The molecule has 0 aliphatic carbocycles. The molecule has 0 saturated carbocycles. The predicted octanol–water partition coefficient (Wildman–Crippen LogP) is 0.843. The average molecular weight is 216 g/mol. The second kappa shape index (κ2) is 4.14. The lowest BCUT2D eigenvalue weighted by Gasteiger charge is -2.11. The monoisotopic (exact) mass is 216 g/mol. The van der Waals surface area contributed by atoms with Gasteiger partial charge in [0.25, 0.3) is 0 Å². The maximum atomic E-state index is 11.6. The van der Waals surface area contributed by atoms with Gasteiger partial charge in [0.2, 0.25) is 0 Å². The van der Waals surface area contributed by atoms with E-state index in [4.69, 9.17) is 0 Å². The van der Waals surface area contributed by atoms with E-state index < -0.39 is 0 Å². The Hall–Kier alpha value is -2.17. The summed E-state index contributed by atoms with van der Waals surface area (Å²) in [5.74, 6) is 0.277. The summed E-state index contributed by atoms with van der Waals surface area (Å²) in [7, 11) is 3.50. The van der Waals surface area contributed by atoms with Crippen molar-refractivity contribution in [3.8, 4) is 11.3 Å². The molecule has 0 bridgehead atoms. The first-order valence-electron chi connectivity index (χ1n) is 4.88. The SMILES string of the molecule is CN(C)c1nnc(-c2ccccc2)c[n+]1[O-]. The summed E-state index contributed by atoms with van der Waals surface area (Å²) < 4.78 is 0.718. The lowest BCUT2D eigenvalue weighted by molar-refractivity contribution is -0.595. The molecule has 0 radical (unpaired) electrons. The fourth-order valence-electron chi connectivity index (χ4n) is 1.37. The first-order chi connectivity index (χ1) is 7.68. The van der Waals surface area contributed by atoms with E-state index in [1.54, 1.807) is 19.0 Å². The number of hydrogen-bond acceptors (Lipinski definition) is 4. The Kier molecular flexibility index (Phi) is 2.68. The summed E-state index contributed by atoms with van der Waals surface area (Å²) in [6.45, 7) is 0. The minimum Gasteiger partial charge on any atom is -0.740 e. The third-order valence-electron chi connectivity index (χ3n) is 2.15. The van der Waals surface area contributed by atoms with Gasteiger partial charge in [0, 0.05) is 10.7 Å². The van der Waals surface area contributed by atoms with Crippen LogP contribution in [0.3, 0.4) is 0 Å². The van der Waals surface area contributed by atoms with Crippen molar-refractivity contribution < 1.29 is 4.73 Å². The highest BCUT2D eigenvalue weighted by atomic mass is 16.5. The number of hydrogen-bond donors (Lipinski definition) is 0. The number of aromatic nitrogens is 3. The molecule has 0 spiro atoms. The Morgan fingerprint density at radius 3 is 2.38 bits per heavy atom. The molecule has 2 aromatic rings. The first-order valence-corrected chi connectivity index (χ1v) is 4.88. The quantitative estimate of drug-likeness (QED) is 0.551. The van der Waals surface area contributed by atoms with Crippen molar-refractivity contribution in [2.45, 2.75) is 0 Å². The zero-order chi connectivity index (χ0) is 11.5. The van der Waals surface area contributed by atoms with Gasteiger partial charge in [0.05, 0.1) is 20.3 Å². The number of benzene rings is 1. The van der Waals surface area contributed by atoms with Gasteiger partial charge in [0.15, 0.2) is 0 Å². The largest absolute Gasteiger partial charge is 0.740 e. The fourth-order valence-corrected chi connectivity index (χ4v) is 1.37. The molecule has 0 aliphatic rings. The van der Waals surface area contributed by atoms with Crippen molar-refractivity contribution >= 4 is 5.95 Å². The molecule has 0 amide bonds. The molecule has 0 atom stereocenters. The lowest BCUT2D eigenvalue weighted by Crippen LogP contribution is -2.36. The molecule has 0 unspecified atom stereocenters. The van der Waals surface area contributed by atoms with Gasteiger partial charge >= 0.3 is 5.95 Å². The van der Waals surface area contributed by atoms with Crippen LogP contribution in [-0.2, 0) is 0 Å². The zero-order valence-corrected chi connectivity index (χ0v) is 9.16. The van der Waals surface area contributed by atoms with Crippen molar-refractivity contribution in [1.82, 2.24) is 10.2 Å². The molecule has 0 saturated heterocycles. The van der Waals surface area contributed by atoms with E-state index in [0.29, 0.717) is 5.69 Å². The second-order valence-corrected chi connectivity index (χ2v) is 3.60. The highest BCUT2D eigenvalue weighted by Gasteiger charge is 2.12. The van der Waals surface area contributed by atoms with Gasteiger partial charge in [-0.05, 0) is 0 Å². The normalized spacial score (nSPS) is 10.1. The van der Waals surface area contributed by atoms with Gasteiger partial charge < -0.3 is 5.21 Å². The summed E-state index contributed by atoms with van der Waals surface area (Å²) in [5.41, 5.74) is 1.45. The smallest absolute Gasteiger partial charge is 0.416 e. The van der Waals surface area contributed by atoms with E-state index in [1.165, 1.54) is 6.20 Å². The van der Waals surface area contributed by atoms with Gasteiger partial charge in [-0.2, -0.15) is 0 Å². The van der Waals surface area contributed by atoms with Gasteiger partial charge in [-0.25, -0.2) is 4.73 Å². The summed E-state index contributed by atoms with van der Waals surface area (Å²) in [6.07, 6.45) is 1.43. The molecule has 0 aliphatic heterocycles. The Morgan fingerprint density at radius 1 is 1.12 bits per heavy atom. The molecule has 5 nitrogen and oxygen atoms in total. The highest BCUT2D eigenvalue weighted by molar-refractivity contribution is 5.56. The summed E-state index contributed by atoms with van der Waals surface area (Å²) >= 11 is 0. The first kappa shape index (κ1) is 10.4. The van der Waals surface area contributed by atoms with Crippen LogP contribution in [-0.4, -0.2) is 24.3 Å². The van der Waals surface area contributed by atoms with Crippen molar-refractivity contribution in [1.29, 1.82) is 0 Å². The van der Waals surface area contributed by atoms with Crippen molar-refractivity contribution in [2.24, 2.45) is 0 Å². The van der Waals surface area contributed by atoms with Crippen LogP contribution >= 0.6 is 0 Å². The van der Waals surface area contributed by atoms with E-state index in [-0.39, 0.29) is 5.95 Å². The Bertz CT molecular complexity index is 485. The molecule has 82 valence electrons. The molecular formula is C11H12N4O. The van der Waals surface area contributed by atoms with E-state index in [0.717, 1.165) is 10.3 Å². The van der Waals surface area contributed by atoms with E-state index >= 15 is 0 Å². The molecule has 1 aromatic heterocycles. The van der Waals surface area contributed by atoms with Crippen molar-refractivity contribution in [2.75, 3.05) is 19.0 Å². The third kappa shape index (κ3) is 1.93. The topological polar surface area (TPSA) is 56.0 Å². The van der Waals surface area contributed by atoms with Gasteiger partial charge in [-0.1, -0.05) is 35.4 Å². The number of anilines is 1. The molecule has 5 heteroatoms.